The van der Waals surface area contributed by atoms with Gasteiger partial charge in [-0.3, -0.25) is 14.4 Å². The van der Waals surface area contributed by atoms with E-state index in [1.807, 2.05) is 26.8 Å². The molecule has 0 spiro atoms. The fraction of sp³-hybridized carbons (Fsp3) is 0.571. The van der Waals surface area contributed by atoms with Crippen molar-refractivity contribution >= 4 is 17.5 Å². The topological polar surface area (TPSA) is 63.2 Å². The zero-order valence-electron chi connectivity index (χ0n) is 15.4. The molecule has 4 nitrogen and oxygen atoms in total. The molecule has 1 N–H and O–H groups in total. The zero-order chi connectivity index (χ0) is 18.1. The highest BCUT2D eigenvalue weighted by Gasteiger charge is 2.44. The Morgan fingerprint density at radius 3 is 2.56 bits per heavy atom. The quantitative estimate of drug-likeness (QED) is 0.809. The highest BCUT2D eigenvalue weighted by Crippen LogP contribution is 2.38. The summed E-state index contributed by atoms with van der Waals surface area (Å²) in [6, 6.07) is 4.10. The van der Waals surface area contributed by atoms with Crippen molar-refractivity contribution in [3.05, 3.63) is 34.4 Å². The first-order valence-electron chi connectivity index (χ1n) is 9.33. The fourth-order valence-corrected chi connectivity index (χ4v) is 3.98. The molecule has 1 aromatic rings. The van der Waals surface area contributed by atoms with E-state index >= 15 is 0 Å². The molecule has 25 heavy (non-hydrogen) atoms. The molecular weight excluding hydrogens is 314 g/mol. The van der Waals surface area contributed by atoms with Crippen molar-refractivity contribution in [3.8, 4) is 0 Å². The summed E-state index contributed by atoms with van der Waals surface area (Å²) in [6.45, 7) is 6.75. The van der Waals surface area contributed by atoms with Gasteiger partial charge in [0.1, 0.15) is 11.7 Å². The van der Waals surface area contributed by atoms with E-state index in [4.69, 9.17) is 0 Å². The number of aryl methyl sites for hydroxylation is 3. The maximum Gasteiger partial charge on any atom is 0.220 e. The number of ketones is 2. The molecule has 0 aliphatic heterocycles. The van der Waals surface area contributed by atoms with Gasteiger partial charge >= 0.3 is 0 Å². The highest BCUT2D eigenvalue weighted by atomic mass is 16.2. The lowest BCUT2D eigenvalue weighted by molar-refractivity contribution is -0.128. The summed E-state index contributed by atoms with van der Waals surface area (Å²) in [6.07, 6.45) is 3.48. The third-order valence-electron chi connectivity index (χ3n) is 5.46. The zero-order valence-corrected chi connectivity index (χ0v) is 15.4. The predicted octanol–water partition coefficient (Wildman–Crippen LogP) is 3.02. The van der Waals surface area contributed by atoms with E-state index in [0.29, 0.717) is 12.5 Å². The SMILES string of the molecule is CCc1cc(C)cc(C)c1C1C(=O)CC(CC(=O)NCC2CC2)C1=O. The Balaban J connectivity index is 1.76. The molecule has 1 amide bonds. The first-order valence-corrected chi connectivity index (χ1v) is 9.33. The number of benzene rings is 1. The minimum absolute atomic E-state index is 0.0355. The lowest BCUT2D eigenvalue weighted by Crippen LogP contribution is -2.29. The second-order valence-electron chi connectivity index (χ2n) is 7.66. The van der Waals surface area contributed by atoms with Crippen LogP contribution in [0, 0.1) is 25.7 Å². The van der Waals surface area contributed by atoms with Crippen LogP contribution in [0.1, 0.15) is 60.8 Å². The Bertz CT molecular complexity index is 718. The van der Waals surface area contributed by atoms with Gasteiger partial charge in [0, 0.05) is 25.3 Å². The van der Waals surface area contributed by atoms with E-state index in [1.165, 1.54) is 12.8 Å². The number of hydrogen-bond donors (Lipinski definition) is 1. The van der Waals surface area contributed by atoms with Gasteiger partial charge < -0.3 is 5.32 Å². The molecule has 2 aliphatic rings. The van der Waals surface area contributed by atoms with Crippen molar-refractivity contribution in [2.24, 2.45) is 11.8 Å². The number of nitrogens with one attached hydrogen (secondary N) is 1. The van der Waals surface area contributed by atoms with Crippen LogP contribution in [0.3, 0.4) is 0 Å². The molecule has 2 atom stereocenters. The Morgan fingerprint density at radius 1 is 1.20 bits per heavy atom. The Labute approximate surface area is 149 Å². The van der Waals surface area contributed by atoms with Gasteiger partial charge in [0.25, 0.3) is 0 Å². The smallest absolute Gasteiger partial charge is 0.220 e. The summed E-state index contributed by atoms with van der Waals surface area (Å²) < 4.78 is 0. The summed E-state index contributed by atoms with van der Waals surface area (Å²) in [4.78, 5) is 37.6. The van der Waals surface area contributed by atoms with Crippen LogP contribution in [0.5, 0.6) is 0 Å². The normalized spacial score (nSPS) is 23.2. The summed E-state index contributed by atoms with van der Waals surface area (Å²) in [5.74, 6) is -0.756. The standard InChI is InChI=1S/C21H27NO3/c1-4-15-8-12(2)7-13(3)19(15)20-17(23)9-16(21(20)25)10-18(24)22-11-14-5-6-14/h7-8,14,16,20H,4-6,9-11H2,1-3H3,(H,22,24). The number of carbonyl (C=O) groups excluding carboxylic acids is 3. The van der Waals surface area contributed by atoms with Gasteiger partial charge in [-0.15, -0.1) is 0 Å². The number of rotatable bonds is 6. The van der Waals surface area contributed by atoms with Crippen LogP contribution in [-0.4, -0.2) is 24.0 Å². The van der Waals surface area contributed by atoms with Crippen LogP contribution in [0.25, 0.3) is 0 Å². The molecule has 1 aromatic carbocycles. The van der Waals surface area contributed by atoms with E-state index in [9.17, 15) is 14.4 Å². The van der Waals surface area contributed by atoms with Crippen molar-refractivity contribution in [1.29, 1.82) is 0 Å². The number of amides is 1. The van der Waals surface area contributed by atoms with Gasteiger partial charge in [-0.2, -0.15) is 0 Å². The Morgan fingerprint density at radius 2 is 1.92 bits per heavy atom. The minimum Gasteiger partial charge on any atom is -0.356 e. The summed E-state index contributed by atoms with van der Waals surface area (Å²) in [5, 5.41) is 2.90. The maximum atomic E-state index is 12.9. The molecule has 0 aromatic heterocycles. The first kappa shape index (κ1) is 17.8. The van der Waals surface area contributed by atoms with Gasteiger partial charge in [0.15, 0.2) is 5.78 Å². The molecule has 2 fully saturated rings. The molecule has 2 aliphatic carbocycles. The van der Waals surface area contributed by atoms with Crippen LogP contribution in [0.15, 0.2) is 12.1 Å². The molecule has 0 heterocycles. The van der Waals surface area contributed by atoms with Crippen molar-refractivity contribution < 1.29 is 14.4 Å². The van der Waals surface area contributed by atoms with Crippen LogP contribution in [0.4, 0.5) is 0 Å². The van der Waals surface area contributed by atoms with Crippen molar-refractivity contribution in [2.45, 2.75) is 58.8 Å². The Hall–Kier alpha value is -1.97. The Kier molecular flexibility index (Phi) is 5.07. The fourth-order valence-electron chi connectivity index (χ4n) is 3.98. The van der Waals surface area contributed by atoms with Crippen molar-refractivity contribution in [3.63, 3.8) is 0 Å². The van der Waals surface area contributed by atoms with E-state index < -0.39 is 11.8 Å². The van der Waals surface area contributed by atoms with Crippen molar-refractivity contribution in [1.82, 2.24) is 5.32 Å². The van der Waals surface area contributed by atoms with E-state index in [2.05, 4.69) is 11.4 Å². The van der Waals surface area contributed by atoms with Gasteiger partial charge in [-0.05, 0) is 55.7 Å². The average Bonchev–Trinajstić information content (AvgIpc) is 3.34. The maximum absolute atomic E-state index is 12.9. The van der Waals surface area contributed by atoms with Gasteiger partial charge in [0.2, 0.25) is 5.91 Å². The lowest BCUT2D eigenvalue weighted by atomic mass is 9.85. The first-order chi connectivity index (χ1) is 11.9. The third kappa shape index (κ3) is 3.83. The van der Waals surface area contributed by atoms with E-state index in [0.717, 1.165) is 28.7 Å². The summed E-state index contributed by atoms with van der Waals surface area (Å²) in [5.41, 5.74) is 4.10. The molecule has 3 rings (SSSR count). The van der Waals surface area contributed by atoms with E-state index in [-0.39, 0.29) is 30.3 Å². The number of hydrogen-bond acceptors (Lipinski definition) is 3. The third-order valence-corrected chi connectivity index (χ3v) is 5.46. The van der Waals surface area contributed by atoms with Gasteiger partial charge in [-0.1, -0.05) is 24.6 Å². The molecule has 0 saturated heterocycles. The molecule has 2 unspecified atom stereocenters. The lowest BCUT2D eigenvalue weighted by Gasteiger charge is -2.17. The minimum atomic E-state index is -0.684. The van der Waals surface area contributed by atoms with Crippen molar-refractivity contribution in [2.75, 3.05) is 6.54 Å². The monoisotopic (exact) mass is 341 g/mol. The van der Waals surface area contributed by atoms with Gasteiger partial charge in [-0.25, -0.2) is 0 Å². The molecule has 134 valence electrons. The molecular formula is C21H27NO3. The second-order valence-corrected chi connectivity index (χ2v) is 7.66. The molecule has 0 radical (unpaired) electrons. The predicted molar refractivity (Wildman–Crippen MR) is 96.5 cm³/mol. The summed E-state index contributed by atoms with van der Waals surface area (Å²) >= 11 is 0. The second kappa shape index (κ2) is 7.11. The largest absolute Gasteiger partial charge is 0.356 e. The van der Waals surface area contributed by atoms with Gasteiger partial charge in [0.05, 0.1) is 0 Å². The van der Waals surface area contributed by atoms with Crippen LogP contribution in [-0.2, 0) is 20.8 Å². The molecule has 4 heteroatoms. The summed E-state index contributed by atoms with van der Waals surface area (Å²) in [7, 11) is 0. The number of Topliss-reactive ketones (excluding diaryl/α,β-unsaturated/α-hetero) is 2. The van der Waals surface area contributed by atoms with Crippen LogP contribution >= 0.6 is 0 Å². The van der Waals surface area contributed by atoms with Crippen LogP contribution in [0.2, 0.25) is 0 Å². The van der Waals surface area contributed by atoms with E-state index in [1.54, 1.807) is 0 Å². The molecule has 0 bridgehead atoms. The highest BCUT2D eigenvalue weighted by molar-refractivity contribution is 6.15. The average molecular weight is 341 g/mol. The van der Waals surface area contributed by atoms with Crippen LogP contribution < -0.4 is 5.32 Å². The molecule has 2 saturated carbocycles. The number of carbonyl (C=O) groups is 3.